The van der Waals surface area contributed by atoms with E-state index in [1.165, 1.54) is 32.4 Å². The number of hydrogen-bond donors (Lipinski definition) is 2. The van der Waals surface area contributed by atoms with Crippen LogP contribution in [-0.4, -0.2) is 58.8 Å². The Morgan fingerprint density at radius 3 is 2.52 bits per heavy atom. The summed E-state index contributed by atoms with van der Waals surface area (Å²) in [6.45, 7) is 5.91. The Hall–Kier alpha value is -2.69. The second-order valence-electron chi connectivity index (χ2n) is 7.44. The van der Waals surface area contributed by atoms with Gasteiger partial charge in [-0.25, -0.2) is 18.1 Å². The van der Waals surface area contributed by atoms with E-state index >= 15 is 0 Å². The van der Waals surface area contributed by atoms with E-state index in [1.807, 2.05) is 26.0 Å². The third kappa shape index (κ3) is 5.52. The van der Waals surface area contributed by atoms with Crippen molar-refractivity contribution >= 4 is 21.7 Å². The molecule has 0 spiro atoms. The number of hydrogen-bond acceptors (Lipinski definition) is 7. The maximum absolute atomic E-state index is 12.6. The second kappa shape index (κ2) is 9.63. The molecule has 2 heterocycles. The SMILES string of the molecule is CNS(=O)(=O)c1cc(C(=O)NCc2ccc(N3CC(C)OC(C)C3)nc2)ccc1OC. The van der Waals surface area contributed by atoms with Crippen molar-refractivity contribution in [3.63, 3.8) is 0 Å². The number of methoxy groups -OCH3 is 1. The lowest BCUT2D eigenvalue weighted by atomic mass is 10.2. The number of carbonyl (C=O) groups is 1. The molecule has 2 aromatic rings. The molecule has 0 bridgehead atoms. The van der Waals surface area contributed by atoms with Crippen LogP contribution < -0.4 is 19.7 Å². The van der Waals surface area contributed by atoms with E-state index in [-0.39, 0.29) is 35.0 Å². The standard InChI is InChI=1S/C21H28N4O5S/c1-14-12-25(13-15(2)30-14)20-8-5-16(10-23-20)11-24-21(26)17-6-7-18(29-4)19(9-17)31(27,28)22-3/h5-10,14-15,22H,11-13H2,1-4H3,(H,24,26). The van der Waals surface area contributed by atoms with Gasteiger partial charge in [-0.2, -0.15) is 0 Å². The molecule has 168 valence electrons. The fourth-order valence-corrected chi connectivity index (χ4v) is 4.41. The van der Waals surface area contributed by atoms with Gasteiger partial charge in [0.1, 0.15) is 16.5 Å². The summed E-state index contributed by atoms with van der Waals surface area (Å²) >= 11 is 0. The minimum absolute atomic E-state index is 0.0925. The van der Waals surface area contributed by atoms with E-state index in [4.69, 9.17) is 9.47 Å². The molecule has 2 N–H and O–H groups in total. The fraction of sp³-hybridized carbons (Fsp3) is 0.429. The van der Waals surface area contributed by atoms with Crippen LogP contribution in [0, 0.1) is 0 Å². The minimum atomic E-state index is -3.77. The van der Waals surface area contributed by atoms with Gasteiger partial charge < -0.3 is 19.7 Å². The van der Waals surface area contributed by atoms with E-state index in [9.17, 15) is 13.2 Å². The first-order valence-electron chi connectivity index (χ1n) is 9.98. The lowest BCUT2D eigenvalue weighted by Crippen LogP contribution is -2.45. The Morgan fingerprint density at radius 2 is 1.94 bits per heavy atom. The van der Waals surface area contributed by atoms with E-state index in [2.05, 4.69) is 19.9 Å². The van der Waals surface area contributed by atoms with Gasteiger partial charge >= 0.3 is 0 Å². The Morgan fingerprint density at radius 1 is 1.23 bits per heavy atom. The van der Waals surface area contributed by atoms with E-state index in [1.54, 1.807) is 6.20 Å². The van der Waals surface area contributed by atoms with Gasteiger partial charge in [-0.15, -0.1) is 0 Å². The van der Waals surface area contributed by atoms with Gasteiger partial charge in [0, 0.05) is 31.4 Å². The van der Waals surface area contributed by atoms with Gasteiger partial charge in [-0.05, 0) is 50.7 Å². The van der Waals surface area contributed by atoms with Crippen LogP contribution in [0.5, 0.6) is 5.75 Å². The van der Waals surface area contributed by atoms with E-state index in [0.29, 0.717) is 0 Å². The number of rotatable bonds is 7. The highest BCUT2D eigenvalue weighted by Gasteiger charge is 2.23. The van der Waals surface area contributed by atoms with Crippen LogP contribution >= 0.6 is 0 Å². The molecule has 10 heteroatoms. The number of amides is 1. The van der Waals surface area contributed by atoms with Crippen molar-refractivity contribution < 1.29 is 22.7 Å². The van der Waals surface area contributed by atoms with Crippen LogP contribution in [0.4, 0.5) is 5.82 Å². The molecule has 0 saturated carbocycles. The summed E-state index contributed by atoms with van der Waals surface area (Å²) in [5.41, 5.74) is 1.05. The quantitative estimate of drug-likeness (QED) is 0.661. The van der Waals surface area contributed by atoms with Crippen LogP contribution in [0.15, 0.2) is 41.4 Å². The molecule has 1 saturated heterocycles. The molecular weight excluding hydrogens is 420 g/mol. The minimum Gasteiger partial charge on any atom is -0.495 e. The highest BCUT2D eigenvalue weighted by atomic mass is 32.2. The van der Waals surface area contributed by atoms with Gasteiger partial charge in [0.2, 0.25) is 10.0 Å². The van der Waals surface area contributed by atoms with Crippen LogP contribution in [0.3, 0.4) is 0 Å². The van der Waals surface area contributed by atoms with Crippen molar-refractivity contribution in [2.24, 2.45) is 0 Å². The number of benzene rings is 1. The van der Waals surface area contributed by atoms with Crippen molar-refractivity contribution in [1.29, 1.82) is 0 Å². The van der Waals surface area contributed by atoms with E-state index < -0.39 is 15.9 Å². The molecule has 2 unspecified atom stereocenters. The maximum Gasteiger partial charge on any atom is 0.251 e. The molecular formula is C21H28N4O5S. The summed E-state index contributed by atoms with van der Waals surface area (Å²) in [7, 11) is -1.09. The lowest BCUT2D eigenvalue weighted by Gasteiger charge is -2.36. The highest BCUT2D eigenvalue weighted by molar-refractivity contribution is 7.89. The largest absolute Gasteiger partial charge is 0.495 e. The molecule has 1 aliphatic heterocycles. The van der Waals surface area contributed by atoms with Gasteiger partial charge in [-0.1, -0.05) is 6.07 Å². The van der Waals surface area contributed by atoms with Crippen LogP contribution in [0.1, 0.15) is 29.8 Å². The predicted molar refractivity (Wildman–Crippen MR) is 117 cm³/mol. The summed E-state index contributed by atoms with van der Waals surface area (Å²) in [6, 6.07) is 8.11. The molecule has 0 aliphatic carbocycles. The topological polar surface area (TPSA) is 110 Å². The van der Waals surface area contributed by atoms with Crippen LogP contribution in [0.2, 0.25) is 0 Å². The number of sulfonamides is 1. The Balaban J connectivity index is 1.66. The van der Waals surface area contributed by atoms with Gasteiger partial charge in [0.05, 0.1) is 19.3 Å². The van der Waals surface area contributed by atoms with Gasteiger partial charge in [0.15, 0.2) is 0 Å². The number of anilines is 1. The zero-order valence-corrected chi connectivity index (χ0v) is 18.9. The fourth-order valence-electron chi connectivity index (χ4n) is 3.50. The summed E-state index contributed by atoms with van der Waals surface area (Å²) in [4.78, 5) is 19.2. The number of nitrogens with zero attached hydrogens (tertiary/aromatic N) is 2. The van der Waals surface area contributed by atoms with Crippen LogP contribution in [0.25, 0.3) is 0 Å². The second-order valence-corrected chi connectivity index (χ2v) is 9.30. The monoisotopic (exact) mass is 448 g/mol. The molecule has 1 amide bonds. The number of nitrogens with one attached hydrogen (secondary N) is 2. The average Bonchev–Trinajstić information content (AvgIpc) is 2.76. The zero-order chi connectivity index (χ0) is 22.6. The Labute approximate surface area is 182 Å². The van der Waals surface area contributed by atoms with E-state index in [0.717, 1.165) is 24.5 Å². The maximum atomic E-state index is 12.6. The van der Waals surface area contributed by atoms with Crippen molar-refractivity contribution in [2.75, 3.05) is 32.1 Å². The molecule has 9 nitrogen and oxygen atoms in total. The Bertz CT molecular complexity index is 1020. The van der Waals surface area contributed by atoms with Crippen molar-refractivity contribution in [2.45, 2.75) is 37.5 Å². The number of morpholine rings is 1. The molecule has 2 atom stereocenters. The Kier molecular flexibility index (Phi) is 7.14. The molecule has 1 aromatic carbocycles. The summed E-state index contributed by atoms with van der Waals surface area (Å²) < 4.78 is 37.5. The molecule has 0 radical (unpaired) electrons. The molecule has 1 aliphatic rings. The number of ether oxygens (including phenoxy) is 2. The first kappa shape index (κ1) is 23.0. The molecule has 1 aromatic heterocycles. The molecule has 31 heavy (non-hydrogen) atoms. The van der Waals surface area contributed by atoms with Gasteiger partial charge in [0.25, 0.3) is 5.91 Å². The normalized spacial score (nSPS) is 19.2. The molecule has 3 rings (SSSR count). The number of pyridine rings is 1. The van der Waals surface area contributed by atoms with Gasteiger partial charge in [-0.3, -0.25) is 4.79 Å². The first-order valence-corrected chi connectivity index (χ1v) is 11.5. The predicted octanol–water partition coefficient (Wildman–Crippen LogP) is 1.54. The first-order chi connectivity index (χ1) is 14.7. The number of carbonyl (C=O) groups excluding carboxylic acids is 1. The zero-order valence-electron chi connectivity index (χ0n) is 18.1. The van der Waals surface area contributed by atoms with Crippen molar-refractivity contribution in [3.05, 3.63) is 47.7 Å². The summed E-state index contributed by atoms with van der Waals surface area (Å²) in [5, 5.41) is 2.79. The summed E-state index contributed by atoms with van der Waals surface area (Å²) in [6.07, 6.45) is 2.02. The van der Waals surface area contributed by atoms with Crippen LogP contribution in [-0.2, 0) is 21.3 Å². The molecule has 1 fully saturated rings. The smallest absolute Gasteiger partial charge is 0.251 e. The van der Waals surface area contributed by atoms with Crippen molar-refractivity contribution in [1.82, 2.24) is 15.0 Å². The third-order valence-corrected chi connectivity index (χ3v) is 6.43. The third-order valence-electron chi connectivity index (χ3n) is 4.99. The van der Waals surface area contributed by atoms with Crippen molar-refractivity contribution in [3.8, 4) is 5.75 Å². The highest BCUT2D eigenvalue weighted by Crippen LogP contribution is 2.24. The number of aromatic nitrogens is 1. The summed E-state index contributed by atoms with van der Waals surface area (Å²) in [5.74, 6) is 0.640. The lowest BCUT2D eigenvalue weighted by molar-refractivity contribution is -0.00546. The average molecular weight is 449 g/mol.